The Balaban J connectivity index is 1.52. The van der Waals surface area contributed by atoms with Gasteiger partial charge in [-0.3, -0.25) is 4.79 Å². The number of amides is 1. The van der Waals surface area contributed by atoms with E-state index in [0.29, 0.717) is 16.9 Å². The Morgan fingerprint density at radius 2 is 1.72 bits per heavy atom. The number of rotatable bonds is 4. The van der Waals surface area contributed by atoms with Gasteiger partial charge in [0, 0.05) is 5.69 Å². The van der Waals surface area contributed by atoms with Crippen LogP contribution in [0.3, 0.4) is 0 Å². The van der Waals surface area contributed by atoms with Gasteiger partial charge in [-0.1, -0.05) is 17.7 Å². The molecule has 1 fully saturated rings. The van der Waals surface area contributed by atoms with E-state index in [4.69, 9.17) is 4.74 Å². The number of hydrazine groups is 1. The third-order valence-electron chi connectivity index (χ3n) is 4.71. The molecule has 0 atom stereocenters. The molecule has 10 heteroatoms. The Bertz CT molecular complexity index is 939. The van der Waals surface area contributed by atoms with Crippen LogP contribution in [-0.4, -0.2) is 25.3 Å². The molecule has 0 radical (unpaired) electrons. The van der Waals surface area contributed by atoms with Crippen LogP contribution in [0.25, 0.3) is 0 Å². The zero-order valence-corrected chi connectivity index (χ0v) is 14.8. The molecule has 0 aliphatic carbocycles. The van der Waals surface area contributed by atoms with Gasteiger partial charge in [-0.15, -0.1) is 0 Å². The lowest BCUT2D eigenvalue weighted by molar-refractivity contribution is -0.139. The van der Waals surface area contributed by atoms with Crippen molar-refractivity contribution in [3.05, 3.63) is 71.9 Å². The molecule has 0 saturated carbocycles. The lowest BCUT2D eigenvalue weighted by Gasteiger charge is -2.40. The molecule has 1 amide bonds. The quantitative estimate of drug-likeness (QED) is 0.759. The van der Waals surface area contributed by atoms with Gasteiger partial charge in [0.15, 0.2) is 0 Å². The SMILES string of the molecule is O=C(Nc1ccc(F)cc1)C1(c2ccc(N3C=C(C(F)(F)F)ON3)cc2)COC1. The van der Waals surface area contributed by atoms with Crippen LogP contribution < -0.4 is 15.9 Å². The average molecular weight is 409 g/mol. The van der Waals surface area contributed by atoms with E-state index in [-0.39, 0.29) is 19.1 Å². The summed E-state index contributed by atoms with van der Waals surface area (Å²) in [7, 11) is 0. The lowest BCUT2D eigenvalue weighted by atomic mass is 9.77. The highest BCUT2D eigenvalue weighted by atomic mass is 19.4. The van der Waals surface area contributed by atoms with Crippen LogP contribution in [0.5, 0.6) is 0 Å². The summed E-state index contributed by atoms with van der Waals surface area (Å²) in [6, 6.07) is 11.8. The molecular weight excluding hydrogens is 394 g/mol. The lowest BCUT2D eigenvalue weighted by Crippen LogP contribution is -2.55. The monoisotopic (exact) mass is 409 g/mol. The Morgan fingerprint density at radius 3 is 2.24 bits per heavy atom. The maximum atomic E-state index is 13.0. The van der Waals surface area contributed by atoms with Gasteiger partial charge in [0.2, 0.25) is 11.7 Å². The van der Waals surface area contributed by atoms with E-state index in [1.54, 1.807) is 24.3 Å². The number of allylic oxidation sites excluding steroid dienone is 1. The molecule has 0 unspecified atom stereocenters. The maximum Gasteiger partial charge on any atom is 0.453 e. The summed E-state index contributed by atoms with van der Waals surface area (Å²) in [5.74, 6) is -1.89. The highest BCUT2D eigenvalue weighted by Crippen LogP contribution is 2.36. The molecule has 2 aliphatic rings. The molecular formula is C19H15F4N3O3. The number of nitrogens with zero attached hydrogens (tertiary/aromatic N) is 1. The van der Waals surface area contributed by atoms with Gasteiger partial charge in [-0.25, -0.2) is 9.40 Å². The van der Waals surface area contributed by atoms with Gasteiger partial charge in [0.05, 0.1) is 25.1 Å². The van der Waals surface area contributed by atoms with Crippen molar-refractivity contribution in [3.63, 3.8) is 0 Å². The fourth-order valence-corrected chi connectivity index (χ4v) is 2.99. The number of anilines is 2. The molecule has 2 aliphatic heterocycles. The number of carbonyl (C=O) groups excluding carboxylic acids is 1. The van der Waals surface area contributed by atoms with Crippen LogP contribution in [-0.2, 0) is 19.8 Å². The van der Waals surface area contributed by atoms with Crippen molar-refractivity contribution in [1.82, 2.24) is 5.59 Å². The van der Waals surface area contributed by atoms with Crippen molar-refractivity contribution in [2.24, 2.45) is 0 Å². The van der Waals surface area contributed by atoms with Crippen LogP contribution in [0.15, 0.2) is 60.5 Å². The number of ether oxygens (including phenoxy) is 1. The number of alkyl halides is 3. The molecule has 0 spiro atoms. The van der Waals surface area contributed by atoms with Gasteiger partial charge in [0.25, 0.3) is 0 Å². The molecule has 1 saturated heterocycles. The van der Waals surface area contributed by atoms with E-state index in [1.165, 1.54) is 24.3 Å². The average Bonchev–Trinajstić information content (AvgIpc) is 3.14. The summed E-state index contributed by atoms with van der Waals surface area (Å²) in [6.45, 7) is 0.311. The van der Waals surface area contributed by atoms with Crippen LogP contribution in [0.2, 0.25) is 0 Å². The second kappa shape index (κ2) is 7.05. The molecule has 152 valence electrons. The van der Waals surface area contributed by atoms with Gasteiger partial charge in [-0.05, 0) is 42.0 Å². The van der Waals surface area contributed by atoms with E-state index in [1.807, 2.05) is 0 Å². The van der Waals surface area contributed by atoms with E-state index in [9.17, 15) is 22.4 Å². The Hall–Kier alpha value is -3.11. The number of hydrogen-bond donors (Lipinski definition) is 2. The second-order valence-electron chi connectivity index (χ2n) is 6.64. The standard InChI is InChI=1S/C19H15F4N3O3/c20-13-3-5-14(6-4-13)24-17(27)18(10-28-11-18)12-1-7-15(8-2-12)26-9-16(29-25-26)19(21,22)23/h1-9,25H,10-11H2,(H,24,27). The van der Waals surface area contributed by atoms with Crippen molar-refractivity contribution >= 4 is 17.3 Å². The number of hydrogen-bond acceptors (Lipinski definition) is 5. The third kappa shape index (κ3) is 3.64. The largest absolute Gasteiger partial charge is 0.453 e. The molecule has 4 rings (SSSR count). The summed E-state index contributed by atoms with van der Waals surface area (Å²) in [5.41, 5.74) is 2.71. The molecule has 2 aromatic carbocycles. The van der Waals surface area contributed by atoms with Gasteiger partial charge in [-0.2, -0.15) is 13.2 Å². The van der Waals surface area contributed by atoms with Crippen LogP contribution in [0.4, 0.5) is 28.9 Å². The maximum absolute atomic E-state index is 13.0. The predicted molar refractivity (Wildman–Crippen MR) is 94.8 cm³/mol. The van der Waals surface area contributed by atoms with E-state index in [2.05, 4.69) is 15.7 Å². The summed E-state index contributed by atoms with van der Waals surface area (Å²) >= 11 is 0. The van der Waals surface area contributed by atoms with Crippen molar-refractivity contribution < 1.29 is 31.9 Å². The Labute approximate surface area is 162 Å². The summed E-state index contributed by atoms with van der Waals surface area (Å²) in [4.78, 5) is 17.3. The predicted octanol–water partition coefficient (Wildman–Crippen LogP) is 3.39. The normalized spacial score (nSPS) is 17.9. The van der Waals surface area contributed by atoms with Gasteiger partial charge in [0.1, 0.15) is 11.2 Å². The fraction of sp³-hybridized carbons (Fsp3) is 0.211. The minimum atomic E-state index is -4.60. The van der Waals surface area contributed by atoms with Crippen LogP contribution in [0.1, 0.15) is 5.56 Å². The third-order valence-corrected chi connectivity index (χ3v) is 4.71. The first-order chi connectivity index (χ1) is 13.8. The van der Waals surface area contributed by atoms with Crippen molar-refractivity contribution in [1.29, 1.82) is 0 Å². The smallest absolute Gasteiger partial charge is 0.382 e. The summed E-state index contributed by atoms with van der Waals surface area (Å²) in [6.07, 6.45) is -3.81. The van der Waals surface area contributed by atoms with Crippen LogP contribution in [0, 0.1) is 5.82 Å². The molecule has 29 heavy (non-hydrogen) atoms. The summed E-state index contributed by atoms with van der Waals surface area (Å²) in [5, 5.41) is 3.82. The van der Waals surface area contributed by atoms with Crippen molar-refractivity contribution in [2.45, 2.75) is 11.6 Å². The van der Waals surface area contributed by atoms with E-state index < -0.39 is 23.2 Å². The first kappa shape index (κ1) is 19.2. The highest BCUT2D eigenvalue weighted by molar-refractivity contribution is 6.00. The molecule has 2 N–H and O–H groups in total. The minimum absolute atomic E-state index is 0.155. The van der Waals surface area contributed by atoms with Gasteiger partial charge >= 0.3 is 6.18 Å². The first-order valence-electron chi connectivity index (χ1n) is 8.54. The Morgan fingerprint density at radius 1 is 1.07 bits per heavy atom. The topological polar surface area (TPSA) is 62.8 Å². The minimum Gasteiger partial charge on any atom is -0.382 e. The fourth-order valence-electron chi connectivity index (χ4n) is 2.99. The molecule has 0 bridgehead atoms. The molecule has 6 nitrogen and oxygen atoms in total. The first-order valence-corrected chi connectivity index (χ1v) is 8.54. The Kier molecular flexibility index (Phi) is 4.67. The molecule has 2 heterocycles. The zero-order chi connectivity index (χ0) is 20.6. The number of benzene rings is 2. The van der Waals surface area contributed by atoms with Crippen LogP contribution >= 0.6 is 0 Å². The number of carbonyl (C=O) groups is 1. The van der Waals surface area contributed by atoms with E-state index in [0.717, 1.165) is 11.2 Å². The number of halogens is 4. The van der Waals surface area contributed by atoms with Crippen molar-refractivity contribution in [3.8, 4) is 0 Å². The van der Waals surface area contributed by atoms with E-state index >= 15 is 0 Å². The molecule has 0 aromatic heterocycles. The van der Waals surface area contributed by atoms with Gasteiger partial charge < -0.3 is 14.9 Å². The highest BCUT2D eigenvalue weighted by Gasteiger charge is 2.47. The van der Waals surface area contributed by atoms with Crippen molar-refractivity contribution in [2.75, 3.05) is 23.5 Å². The number of nitrogens with one attached hydrogen (secondary N) is 2. The zero-order valence-electron chi connectivity index (χ0n) is 14.8. The second-order valence-corrected chi connectivity index (χ2v) is 6.64. The molecule has 2 aromatic rings. The summed E-state index contributed by atoms with van der Waals surface area (Å²) < 4.78 is 56.3.